The molecule has 0 saturated heterocycles. The second-order valence-electron chi connectivity index (χ2n) is 5.69. The molecule has 0 aliphatic carbocycles. The Morgan fingerprint density at radius 3 is 2.11 bits per heavy atom. The number of carboxylic acids is 1. The maximum Gasteiger partial charge on any atom is 0.490 e. The van der Waals surface area contributed by atoms with Crippen LogP contribution < -0.4 is 5.32 Å². The third-order valence-corrected chi connectivity index (χ3v) is 3.54. The molecule has 0 fully saturated rings. The molecule has 1 aliphatic heterocycles. The van der Waals surface area contributed by atoms with Gasteiger partial charge in [0.25, 0.3) is 11.8 Å². The van der Waals surface area contributed by atoms with Crippen LogP contribution in [0.25, 0.3) is 0 Å². The molecule has 1 rings (SSSR count). The predicted molar refractivity (Wildman–Crippen MR) is 89.6 cm³/mol. The molecule has 154 valence electrons. The van der Waals surface area contributed by atoms with E-state index in [2.05, 4.69) is 5.32 Å². The minimum absolute atomic E-state index is 0.134. The van der Waals surface area contributed by atoms with E-state index in [9.17, 15) is 27.6 Å². The van der Waals surface area contributed by atoms with Crippen LogP contribution in [-0.2, 0) is 19.2 Å². The summed E-state index contributed by atoms with van der Waals surface area (Å²) >= 11 is 0. The van der Waals surface area contributed by atoms with E-state index in [0.717, 1.165) is 25.8 Å². The molecule has 0 atom stereocenters. The van der Waals surface area contributed by atoms with E-state index in [1.54, 1.807) is 11.9 Å². The quantitative estimate of drug-likeness (QED) is 0.441. The maximum atomic E-state index is 11.7. The molecule has 3 amide bonds. The number of nitrogens with one attached hydrogen (secondary N) is 1. The Kier molecular flexibility index (Phi) is 11.0. The second-order valence-corrected chi connectivity index (χ2v) is 5.69. The molecule has 0 unspecified atom stereocenters. The third-order valence-electron chi connectivity index (χ3n) is 3.54. The molecular weight excluding hydrogens is 371 g/mol. The zero-order chi connectivity index (χ0) is 21.0. The van der Waals surface area contributed by atoms with E-state index in [-0.39, 0.29) is 17.7 Å². The monoisotopic (exact) mass is 395 g/mol. The number of hydrogen-bond acceptors (Lipinski definition) is 5. The molecule has 0 spiro atoms. The number of carboxylic acid groups (broad SMARTS) is 1. The molecule has 1 heterocycles. The number of aliphatic carboxylic acids is 1. The van der Waals surface area contributed by atoms with Gasteiger partial charge in [0.05, 0.1) is 0 Å². The molecule has 0 aromatic rings. The van der Waals surface area contributed by atoms with E-state index in [1.165, 1.54) is 17.1 Å². The summed E-state index contributed by atoms with van der Waals surface area (Å²) in [7, 11) is 3.65. The van der Waals surface area contributed by atoms with E-state index >= 15 is 0 Å². The van der Waals surface area contributed by atoms with Crippen LogP contribution >= 0.6 is 0 Å². The van der Waals surface area contributed by atoms with Crippen molar-refractivity contribution in [1.82, 2.24) is 15.1 Å². The molecule has 0 saturated carbocycles. The SMILES string of the molecule is CNCCN(C)C(=O)CCCCCN1C(=O)C=CC1=O.O=C(O)C(F)(F)F. The Morgan fingerprint density at radius 2 is 1.67 bits per heavy atom. The number of unbranched alkanes of at least 4 members (excludes halogenated alkanes) is 2. The number of hydrogen-bond donors (Lipinski definition) is 2. The zero-order valence-corrected chi connectivity index (χ0v) is 15.2. The Bertz CT molecular complexity index is 546. The maximum absolute atomic E-state index is 11.7. The number of rotatable bonds is 9. The number of amides is 3. The van der Waals surface area contributed by atoms with Crippen LogP contribution in [0.4, 0.5) is 13.2 Å². The van der Waals surface area contributed by atoms with Crippen molar-refractivity contribution in [3.05, 3.63) is 12.2 Å². The average Bonchev–Trinajstić information content (AvgIpc) is 2.90. The lowest BCUT2D eigenvalue weighted by atomic mass is 10.1. The van der Waals surface area contributed by atoms with Gasteiger partial charge in [0, 0.05) is 45.3 Å². The zero-order valence-electron chi connectivity index (χ0n) is 15.2. The molecule has 1 aliphatic rings. The van der Waals surface area contributed by atoms with Gasteiger partial charge in [0.2, 0.25) is 5.91 Å². The van der Waals surface area contributed by atoms with Crippen molar-refractivity contribution in [2.45, 2.75) is 31.9 Å². The van der Waals surface area contributed by atoms with Gasteiger partial charge in [0.1, 0.15) is 0 Å². The molecule has 0 aromatic heterocycles. The Balaban J connectivity index is 0.000000821. The standard InChI is InChI=1S/C14H23N3O3.C2HF3O2/c1-15-9-11-16(2)12(18)6-4-3-5-10-17-13(19)7-8-14(17)20;3-2(4,5)1(6)7/h7-8,15H,3-6,9-11H2,1-2H3;(H,6,7). The fraction of sp³-hybridized carbons (Fsp3) is 0.625. The van der Waals surface area contributed by atoms with Crippen LogP contribution in [0.15, 0.2) is 12.2 Å². The van der Waals surface area contributed by atoms with Crippen molar-refractivity contribution >= 4 is 23.7 Å². The fourth-order valence-electron chi connectivity index (χ4n) is 1.97. The van der Waals surface area contributed by atoms with Crippen molar-refractivity contribution in [1.29, 1.82) is 0 Å². The van der Waals surface area contributed by atoms with E-state index < -0.39 is 12.1 Å². The topological polar surface area (TPSA) is 107 Å². The highest BCUT2D eigenvalue weighted by atomic mass is 19.4. The largest absolute Gasteiger partial charge is 0.490 e. The lowest BCUT2D eigenvalue weighted by Gasteiger charge is -2.17. The third kappa shape index (κ3) is 10.3. The molecule has 8 nitrogen and oxygen atoms in total. The number of likely N-dealkylation sites (N-methyl/N-ethyl adjacent to an activating group) is 2. The normalized spacial score (nSPS) is 13.4. The van der Waals surface area contributed by atoms with Crippen LogP contribution in [0, 0.1) is 0 Å². The summed E-state index contributed by atoms with van der Waals surface area (Å²) in [6.07, 6.45) is 0.382. The summed E-state index contributed by atoms with van der Waals surface area (Å²) in [5.74, 6) is -3.10. The van der Waals surface area contributed by atoms with Gasteiger partial charge in [-0.1, -0.05) is 6.42 Å². The molecule has 0 bridgehead atoms. The summed E-state index contributed by atoms with van der Waals surface area (Å²) < 4.78 is 31.7. The minimum Gasteiger partial charge on any atom is -0.475 e. The molecular formula is C16H24F3N3O5. The number of nitrogens with zero attached hydrogens (tertiary/aromatic N) is 2. The molecule has 2 N–H and O–H groups in total. The van der Waals surface area contributed by atoms with Gasteiger partial charge in [-0.3, -0.25) is 19.3 Å². The summed E-state index contributed by atoms with van der Waals surface area (Å²) in [4.78, 5) is 46.2. The number of halogens is 3. The second kappa shape index (κ2) is 12.0. The van der Waals surface area contributed by atoms with Crippen molar-refractivity contribution < 1.29 is 37.5 Å². The van der Waals surface area contributed by atoms with Crippen molar-refractivity contribution in [2.24, 2.45) is 0 Å². The van der Waals surface area contributed by atoms with E-state index in [4.69, 9.17) is 9.90 Å². The Morgan fingerprint density at radius 1 is 1.15 bits per heavy atom. The molecule has 0 aromatic carbocycles. The molecule has 11 heteroatoms. The van der Waals surface area contributed by atoms with Crippen molar-refractivity contribution in [2.75, 3.05) is 33.7 Å². The van der Waals surface area contributed by atoms with Crippen molar-refractivity contribution in [3.63, 3.8) is 0 Å². The highest BCUT2D eigenvalue weighted by Gasteiger charge is 2.38. The number of carbonyl (C=O) groups excluding carboxylic acids is 3. The number of alkyl halides is 3. The van der Waals surface area contributed by atoms with Crippen LogP contribution in [0.1, 0.15) is 25.7 Å². The highest BCUT2D eigenvalue weighted by Crippen LogP contribution is 2.13. The van der Waals surface area contributed by atoms with Crippen LogP contribution in [0.2, 0.25) is 0 Å². The number of imide groups is 1. The van der Waals surface area contributed by atoms with Crippen LogP contribution in [0.3, 0.4) is 0 Å². The van der Waals surface area contributed by atoms with Gasteiger partial charge >= 0.3 is 12.1 Å². The van der Waals surface area contributed by atoms with Crippen LogP contribution in [0.5, 0.6) is 0 Å². The van der Waals surface area contributed by atoms with Crippen molar-refractivity contribution in [3.8, 4) is 0 Å². The first-order valence-corrected chi connectivity index (χ1v) is 8.23. The Labute approximate surface area is 155 Å². The highest BCUT2D eigenvalue weighted by molar-refractivity contribution is 6.12. The van der Waals surface area contributed by atoms with Gasteiger partial charge in [0.15, 0.2) is 0 Å². The lowest BCUT2D eigenvalue weighted by molar-refractivity contribution is -0.192. The average molecular weight is 395 g/mol. The summed E-state index contributed by atoms with van der Waals surface area (Å²) in [5, 5.41) is 10.1. The van der Waals surface area contributed by atoms with E-state index in [0.29, 0.717) is 19.5 Å². The number of carbonyl (C=O) groups is 4. The first-order valence-electron chi connectivity index (χ1n) is 8.23. The molecule has 0 radical (unpaired) electrons. The fourth-order valence-corrected chi connectivity index (χ4v) is 1.97. The van der Waals surface area contributed by atoms with Crippen LogP contribution in [-0.4, -0.2) is 78.5 Å². The van der Waals surface area contributed by atoms with Gasteiger partial charge in [-0.15, -0.1) is 0 Å². The first-order chi connectivity index (χ1) is 12.5. The van der Waals surface area contributed by atoms with Gasteiger partial charge in [-0.2, -0.15) is 13.2 Å². The summed E-state index contributed by atoms with van der Waals surface area (Å²) in [6.45, 7) is 1.93. The summed E-state index contributed by atoms with van der Waals surface area (Å²) in [6, 6.07) is 0. The van der Waals surface area contributed by atoms with Gasteiger partial charge in [-0.05, 0) is 19.9 Å². The molecule has 27 heavy (non-hydrogen) atoms. The minimum atomic E-state index is -5.08. The Hall–Kier alpha value is -2.43. The van der Waals surface area contributed by atoms with Gasteiger partial charge in [-0.25, -0.2) is 4.79 Å². The van der Waals surface area contributed by atoms with E-state index in [1.807, 2.05) is 7.05 Å². The van der Waals surface area contributed by atoms with Gasteiger partial charge < -0.3 is 15.3 Å². The smallest absolute Gasteiger partial charge is 0.475 e. The lowest BCUT2D eigenvalue weighted by Crippen LogP contribution is -2.32. The first kappa shape index (κ1) is 24.6. The summed E-state index contributed by atoms with van der Waals surface area (Å²) in [5.41, 5.74) is 0. The predicted octanol–water partition coefficient (Wildman–Crippen LogP) is 0.783.